The van der Waals surface area contributed by atoms with Crippen molar-refractivity contribution >= 4 is 36.4 Å². The third kappa shape index (κ3) is 7.26. The van der Waals surface area contributed by atoms with Crippen LogP contribution >= 0.6 is 24.8 Å². The van der Waals surface area contributed by atoms with Crippen LogP contribution in [-0.4, -0.2) is 61.6 Å². The third-order valence-corrected chi connectivity index (χ3v) is 4.14. The number of para-hydroxylation sites is 1. The maximum absolute atomic E-state index is 12.3. The van der Waals surface area contributed by atoms with E-state index in [1.54, 1.807) is 0 Å². The first kappa shape index (κ1) is 23.0. The van der Waals surface area contributed by atoms with Crippen LogP contribution in [0.5, 0.6) is 0 Å². The molecule has 2 N–H and O–H groups in total. The zero-order valence-corrected chi connectivity index (χ0v) is 15.9. The quantitative estimate of drug-likeness (QED) is 0.584. The number of amides is 1. The molecule has 0 atom stereocenters. The molecular formula is C17H29Cl2N3O2. The number of rotatable bonds is 7. The topological polar surface area (TPSA) is 58.8 Å². The number of anilines is 1. The van der Waals surface area contributed by atoms with Gasteiger partial charge < -0.3 is 15.4 Å². The molecule has 0 aliphatic carbocycles. The van der Waals surface area contributed by atoms with Gasteiger partial charge in [-0.05, 0) is 25.0 Å². The number of piperazine rings is 1. The van der Waals surface area contributed by atoms with E-state index in [-0.39, 0.29) is 30.7 Å². The average Bonchev–Trinajstić information content (AvgIpc) is 2.55. The molecule has 0 radical (unpaired) electrons. The Morgan fingerprint density at radius 2 is 1.83 bits per heavy atom. The van der Waals surface area contributed by atoms with E-state index in [4.69, 9.17) is 10.5 Å². The minimum absolute atomic E-state index is 0. The lowest BCUT2D eigenvalue weighted by molar-refractivity contribution is -0.133. The Morgan fingerprint density at radius 3 is 2.46 bits per heavy atom. The first-order valence-corrected chi connectivity index (χ1v) is 8.12. The highest BCUT2D eigenvalue weighted by Gasteiger charge is 2.20. The van der Waals surface area contributed by atoms with E-state index < -0.39 is 0 Å². The van der Waals surface area contributed by atoms with Gasteiger partial charge in [-0.25, -0.2) is 0 Å². The Hall–Kier alpha value is -1.01. The summed E-state index contributed by atoms with van der Waals surface area (Å²) in [4.78, 5) is 16.6. The monoisotopic (exact) mass is 377 g/mol. The number of nitrogen functional groups attached to an aromatic ring is 1. The van der Waals surface area contributed by atoms with Crippen molar-refractivity contribution in [3.63, 3.8) is 0 Å². The molecule has 1 aromatic rings. The van der Waals surface area contributed by atoms with Gasteiger partial charge in [-0.3, -0.25) is 9.69 Å². The van der Waals surface area contributed by atoms with Gasteiger partial charge in [0.1, 0.15) is 0 Å². The number of nitrogens with zero attached hydrogens (tertiary/aromatic N) is 2. The van der Waals surface area contributed by atoms with Crippen molar-refractivity contribution in [2.24, 2.45) is 0 Å². The minimum atomic E-state index is 0. The van der Waals surface area contributed by atoms with Crippen LogP contribution in [0.1, 0.15) is 18.9 Å². The fourth-order valence-electron chi connectivity index (χ4n) is 2.72. The highest BCUT2D eigenvalue weighted by Crippen LogP contribution is 2.14. The molecule has 1 aliphatic rings. The molecule has 2 rings (SSSR count). The van der Waals surface area contributed by atoms with E-state index in [2.05, 4.69) is 4.90 Å². The van der Waals surface area contributed by atoms with Crippen LogP contribution in [0.4, 0.5) is 5.69 Å². The predicted molar refractivity (Wildman–Crippen MR) is 103 cm³/mol. The Morgan fingerprint density at radius 1 is 1.17 bits per heavy atom. The highest BCUT2D eigenvalue weighted by molar-refractivity contribution is 5.85. The Kier molecular flexibility index (Phi) is 11.8. The van der Waals surface area contributed by atoms with E-state index >= 15 is 0 Å². The maximum atomic E-state index is 12.3. The summed E-state index contributed by atoms with van der Waals surface area (Å²) in [5.74, 6) is 0.229. The highest BCUT2D eigenvalue weighted by atomic mass is 35.5. The second-order valence-electron chi connectivity index (χ2n) is 5.62. The number of hydrogen-bond acceptors (Lipinski definition) is 4. The summed E-state index contributed by atoms with van der Waals surface area (Å²) < 4.78 is 5.38. The second kappa shape index (κ2) is 12.4. The SMILES string of the molecule is CCOCCN1CCN(C(=O)CCc2ccccc2N)CC1.Cl.Cl. The average molecular weight is 378 g/mol. The van der Waals surface area contributed by atoms with Gasteiger partial charge in [-0.2, -0.15) is 0 Å². The van der Waals surface area contributed by atoms with Crippen molar-refractivity contribution in [3.8, 4) is 0 Å². The van der Waals surface area contributed by atoms with Gasteiger partial charge in [-0.1, -0.05) is 18.2 Å². The second-order valence-corrected chi connectivity index (χ2v) is 5.62. The molecule has 1 heterocycles. The van der Waals surface area contributed by atoms with E-state index in [1.807, 2.05) is 36.1 Å². The van der Waals surface area contributed by atoms with E-state index in [0.717, 1.165) is 63.6 Å². The minimum Gasteiger partial charge on any atom is -0.399 e. The molecule has 5 nitrogen and oxygen atoms in total. The van der Waals surface area contributed by atoms with Gasteiger partial charge in [0.25, 0.3) is 0 Å². The zero-order valence-electron chi connectivity index (χ0n) is 14.3. The van der Waals surface area contributed by atoms with E-state index in [9.17, 15) is 4.79 Å². The molecule has 1 saturated heterocycles. The molecule has 7 heteroatoms. The fourth-order valence-corrected chi connectivity index (χ4v) is 2.72. The summed E-state index contributed by atoms with van der Waals surface area (Å²) in [5, 5.41) is 0. The molecular weight excluding hydrogens is 349 g/mol. The van der Waals surface area contributed by atoms with Crippen molar-refractivity contribution in [1.29, 1.82) is 0 Å². The molecule has 24 heavy (non-hydrogen) atoms. The lowest BCUT2D eigenvalue weighted by atomic mass is 10.1. The van der Waals surface area contributed by atoms with Gasteiger partial charge in [0.05, 0.1) is 6.61 Å². The van der Waals surface area contributed by atoms with Gasteiger partial charge in [0.15, 0.2) is 0 Å². The fraction of sp³-hybridized carbons (Fsp3) is 0.588. The smallest absolute Gasteiger partial charge is 0.222 e. The summed E-state index contributed by atoms with van der Waals surface area (Å²) in [7, 11) is 0. The molecule has 0 unspecified atom stereocenters. The van der Waals surface area contributed by atoms with Crippen molar-refractivity contribution in [2.75, 3.05) is 51.7 Å². The van der Waals surface area contributed by atoms with Gasteiger partial charge in [0.2, 0.25) is 5.91 Å². The van der Waals surface area contributed by atoms with Crippen LogP contribution in [0, 0.1) is 0 Å². The molecule has 138 valence electrons. The number of ether oxygens (including phenoxy) is 1. The van der Waals surface area contributed by atoms with Crippen molar-refractivity contribution < 1.29 is 9.53 Å². The summed E-state index contributed by atoms with van der Waals surface area (Å²) in [6.45, 7) is 8.01. The molecule has 0 saturated carbocycles. The van der Waals surface area contributed by atoms with Gasteiger partial charge >= 0.3 is 0 Å². The van der Waals surface area contributed by atoms with E-state index in [0.29, 0.717) is 6.42 Å². The van der Waals surface area contributed by atoms with Crippen LogP contribution < -0.4 is 5.73 Å². The molecule has 0 spiro atoms. The molecule has 1 amide bonds. The number of carbonyl (C=O) groups excluding carboxylic acids is 1. The summed E-state index contributed by atoms with van der Waals surface area (Å²) >= 11 is 0. The number of carbonyl (C=O) groups is 1. The van der Waals surface area contributed by atoms with Gasteiger partial charge in [-0.15, -0.1) is 24.8 Å². The number of hydrogen-bond donors (Lipinski definition) is 1. The largest absolute Gasteiger partial charge is 0.399 e. The first-order valence-electron chi connectivity index (χ1n) is 8.12. The molecule has 1 aromatic carbocycles. The summed E-state index contributed by atoms with van der Waals surface area (Å²) in [5.41, 5.74) is 7.75. The summed E-state index contributed by atoms with van der Waals surface area (Å²) in [6, 6.07) is 7.76. The van der Waals surface area contributed by atoms with Crippen molar-refractivity contribution in [2.45, 2.75) is 19.8 Å². The Labute approximate surface area is 157 Å². The van der Waals surface area contributed by atoms with Crippen molar-refractivity contribution in [3.05, 3.63) is 29.8 Å². The van der Waals surface area contributed by atoms with Crippen LogP contribution in [0.3, 0.4) is 0 Å². The number of nitrogens with two attached hydrogens (primary N) is 1. The molecule has 0 aromatic heterocycles. The van der Waals surface area contributed by atoms with Crippen LogP contribution in [-0.2, 0) is 16.0 Å². The third-order valence-electron chi connectivity index (χ3n) is 4.14. The van der Waals surface area contributed by atoms with Gasteiger partial charge in [0, 0.05) is 51.4 Å². The lowest BCUT2D eigenvalue weighted by Crippen LogP contribution is -2.49. The number of benzene rings is 1. The zero-order chi connectivity index (χ0) is 15.8. The van der Waals surface area contributed by atoms with Crippen LogP contribution in [0.25, 0.3) is 0 Å². The molecule has 0 bridgehead atoms. The lowest BCUT2D eigenvalue weighted by Gasteiger charge is -2.34. The maximum Gasteiger partial charge on any atom is 0.222 e. The summed E-state index contributed by atoms with van der Waals surface area (Å²) in [6.07, 6.45) is 1.25. The van der Waals surface area contributed by atoms with Crippen LogP contribution in [0.15, 0.2) is 24.3 Å². The Bertz CT molecular complexity index is 481. The normalized spacial score (nSPS) is 14.6. The predicted octanol–water partition coefficient (Wildman–Crippen LogP) is 2.23. The standard InChI is InChI=1S/C17H27N3O2.2ClH/c1-2-22-14-13-19-9-11-20(12-10-19)17(21)8-7-15-5-3-4-6-16(15)18;;/h3-6H,2,7-14,18H2,1H3;2*1H. The molecule has 1 aliphatic heterocycles. The first-order chi connectivity index (χ1) is 10.7. The number of halogens is 2. The number of aryl methyl sites for hydroxylation is 1. The van der Waals surface area contributed by atoms with Crippen molar-refractivity contribution in [1.82, 2.24) is 9.80 Å². The molecule has 1 fully saturated rings. The Balaban J connectivity index is 0.00000264. The van der Waals surface area contributed by atoms with E-state index in [1.165, 1.54) is 0 Å². The van der Waals surface area contributed by atoms with Crippen LogP contribution in [0.2, 0.25) is 0 Å².